The highest BCUT2D eigenvalue weighted by Crippen LogP contribution is 2.26. The van der Waals surface area contributed by atoms with Gasteiger partial charge >= 0.3 is 5.97 Å². The van der Waals surface area contributed by atoms with Gasteiger partial charge in [0, 0.05) is 40.2 Å². The molecule has 0 saturated heterocycles. The highest BCUT2D eigenvalue weighted by molar-refractivity contribution is 6.10. The van der Waals surface area contributed by atoms with Gasteiger partial charge in [0.25, 0.3) is 0 Å². The molecular weight excluding hydrogens is 266 g/mol. The molecule has 0 aliphatic carbocycles. The largest absolute Gasteiger partial charge is 0.481 e. The standard InChI is InChI=1S/C17H15NO3/c19-16(6-3-7-17(20)21)11-8-9-15-13(10-11)12-4-1-2-5-14(12)18-15/h1-2,4-5,8-10,18H,3,6-7H2,(H,20,21). The number of benzene rings is 2. The van der Waals surface area contributed by atoms with Crippen molar-refractivity contribution >= 4 is 33.6 Å². The summed E-state index contributed by atoms with van der Waals surface area (Å²) in [4.78, 5) is 25.9. The molecule has 3 aromatic rings. The van der Waals surface area contributed by atoms with E-state index < -0.39 is 5.97 Å². The van der Waals surface area contributed by atoms with Crippen molar-refractivity contribution in [1.82, 2.24) is 4.98 Å². The molecule has 0 spiro atoms. The summed E-state index contributed by atoms with van der Waals surface area (Å²) in [5, 5.41) is 10.7. The van der Waals surface area contributed by atoms with E-state index in [1.165, 1.54) is 0 Å². The summed E-state index contributed by atoms with van der Waals surface area (Å²) in [5.41, 5.74) is 2.68. The van der Waals surface area contributed by atoms with Crippen LogP contribution in [-0.4, -0.2) is 21.8 Å². The number of nitrogens with one attached hydrogen (secondary N) is 1. The molecule has 4 nitrogen and oxygen atoms in total. The first-order valence-corrected chi connectivity index (χ1v) is 6.90. The second-order valence-corrected chi connectivity index (χ2v) is 5.10. The third-order valence-electron chi connectivity index (χ3n) is 3.62. The fourth-order valence-corrected chi connectivity index (χ4v) is 2.57. The molecule has 106 valence electrons. The summed E-state index contributed by atoms with van der Waals surface area (Å²) in [6, 6.07) is 13.5. The number of H-pyrrole nitrogens is 1. The average Bonchev–Trinajstić information content (AvgIpc) is 2.84. The zero-order valence-electron chi connectivity index (χ0n) is 11.4. The smallest absolute Gasteiger partial charge is 0.303 e. The van der Waals surface area contributed by atoms with Crippen molar-refractivity contribution in [2.75, 3.05) is 0 Å². The summed E-state index contributed by atoms with van der Waals surface area (Å²) in [5.74, 6) is -0.877. The molecule has 4 heteroatoms. The van der Waals surface area contributed by atoms with Crippen molar-refractivity contribution in [2.24, 2.45) is 0 Å². The van der Waals surface area contributed by atoms with Gasteiger partial charge in [-0.15, -0.1) is 0 Å². The van der Waals surface area contributed by atoms with E-state index in [4.69, 9.17) is 5.11 Å². The number of hydrogen-bond donors (Lipinski definition) is 2. The van der Waals surface area contributed by atoms with Crippen LogP contribution < -0.4 is 0 Å². The topological polar surface area (TPSA) is 70.2 Å². The van der Waals surface area contributed by atoms with Crippen LogP contribution in [0.15, 0.2) is 42.5 Å². The number of hydrogen-bond acceptors (Lipinski definition) is 2. The van der Waals surface area contributed by atoms with Gasteiger partial charge < -0.3 is 10.1 Å². The number of carboxylic acids is 1. The zero-order chi connectivity index (χ0) is 14.8. The SMILES string of the molecule is O=C(O)CCCC(=O)c1ccc2[nH]c3ccccc3c2c1. The van der Waals surface area contributed by atoms with Gasteiger partial charge in [-0.2, -0.15) is 0 Å². The minimum Gasteiger partial charge on any atom is -0.481 e. The third kappa shape index (κ3) is 2.65. The van der Waals surface area contributed by atoms with Crippen LogP contribution in [0.1, 0.15) is 29.6 Å². The van der Waals surface area contributed by atoms with Crippen molar-refractivity contribution in [2.45, 2.75) is 19.3 Å². The second kappa shape index (κ2) is 5.40. The lowest BCUT2D eigenvalue weighted by Gasteiger charge is -2.01. The number of aromatic amines is 1. The molecule has 0 amide bonds. The van der Waals surface area contributed by atoms with Gasteiger partial charge in [0.2, 0.25) is 0 Å². The molecule has 0 saturated carbocycles. The lowest BCUT2D eigenvalue weighted by Crippen LogP contribution is -2.01. The number of rotatable bonds is 5. The first-order chi connectivity index (χ1) is 10.1. The van der Waals surface area contributed by atoms with E-state index in [9.17, 15) is 9.59 Å². The number of ketones is 1. The predicted octanol–water partition coefficient (Wildman–Crippen LogP) is 3.76. The molecule has 2 N–H and O–H groups in total. The van der Waals surface area contributed by atoms with Crippen molar-refractivity contribution in [3.8, 4) is 0 Å². The molecular formula is C17H15NO3. The number of para-hydroxylation sites is 1. The van der Waals surface area contributed by atoms with Crippen LogP contribution in [0.4, 0.5) is 0 Å². The fraction of sp³-hybridized carbons (Fsp3) is 0.176. The highest BCUT2D eigenvalue weighted by atomic mass is 16.4. The van der Waals surface area contributed by atoms with E-state index in [2.05, 4.69) is 4.98 Å². The molecule has 0 bridgehead atoms. The number of carboxylic acid groups (broad SMARTS) is 1. The second-order valence-electron chi connectivity index (χ2n) is 5.10. The molecule has 21 heavy (non-hydrogen) atoms. The van der Waals surface area contributed by atoms with E-state index in [0.29, 0.717) is 12.0 Å². The Morgan fingerprint density at radius 2 is 1.71 bits per heavy atom. The molecule has 1 heterocycles. The molecule has 1 aromatic heterocycles. The minimum atomic E-state index is -0.866. The number of fused-ring (bicyclic) bond motifs is 3. The Hall–Kier alpha value is -2.62. The highest BCUT2D eigenvalue weighted by Gasteiger charge is 2.10. The van der Waals surface area contributed by atoms with Crippen molar-refractivity contribution < 1.29 is 14.7 Å². The van der Waals surface area contributed by atoms with Gasteiger partial charge in [0.15, 0.2) is 5.78 Å². The normalized spacial score (nSPS) is 11.0. The maximum absolute atomic E-state index is 12.1. The van der Waals surface area contributed by atoms with E-state index >= 15 is 0 Å². The van der Waals surface area contributed by atoms with Crippen LogP contribution in [-0.2, 0) is 4.79 Å². The Morgan fingerprint density at radius 3 is 2.52 bits per heavy atom. The van der Waals surface area contributed by atoms with E-state index in [-0.39, 0.29) is 18.6 Å². The fourth-order valence-electron chi connectivity index (χ4n) is 2.57. The summed E-state index contributed by atoms with van der Waals surface area (Å²) >= 11 is 0. The molecule has 0 radical (unpaired) electrons. The number of aromatic nitrogens is 1. The minimum absolute atomic E-state index is 0.0107. The lowest BCUT2D eigenvalue weighted by atomic mass is 10.0. The van der Waals surface area contributed by atoms with Crippen LogP contribution in [0.3, 0.4) is 0 Å². The first-order valence-electron chi connectivity index (χ1n) is 6.90. The number of carbonyl (C=O) groups is 2. The molecule has 0 fully saturated rings. The lowest BCUT2D eigenvalue weighted by molar-refractivity contribution is -0.137. The number of aliphatic carboxylic acids is 1. The van der Waals surface area contributed by atoms with E-state index in [1.807, 2.05) is 36.4 Å². The Morgan fingerprint density at radius 1 is 0.952 bits per heavy atom. The molecule has 0 unspecified atom stereocenters. The summed E-state index contributed by atoms with van der Waals surface area (Å²) in [7, 11) is 0. The summed E-state index contributed by atoms with van der Waals surface area (Å²) in [6.07, 6.45) is 0.668. The van der Waals surface area contributed by atoms with E-state index in [1.54, 1.807) is 6.07 Å². The maximum Gasteiger partial charge on any atom is 0.303 e. The van der Waals surface area contributed by atoms with Crippen LogP contribution >= 0.6 is 0 Å². The van der Waals surface area contributed by atoms with Gasteiger partial charge in [-0.1, -0.05) is 18.2 Å². The Kier molecular flexibility index (Phi) is 3.44. The number of carbonyl (C=O) groups excluding carboxylic acids is 1. The van der Waals surface area contributed by atoms with Gasteiger partial charge in [-0.05, 0) is 30.7 Å². The summed E-state index contributed by atoms with van der Waals surface area (Å²) < 4.78 is 0. The Labute approximate surface area is 121 Å². The van der Waals surface area contributed by atoms with Gasteiger partial charge in [0.05, 0.1) is 0 Å². The van der Waals surface area contributed by atoms with Crippen molar-refractivity contribution in [1.29, 1.82) is 0 Å². The Balaban J connectivity index is 1.91. The van der Waals surface area contributed by atoms with Gasteiger partial charge in [-0.25, -0.2) is 0 Å². The monoisotopic (exact) mass is 281 g/mol. The molecule has 0 atom stereocenters. The quantitative estimate of drug-likeness (QED) is 0.699. The molecule has 3 rings (SSSR count). The summed E-state index contributed by atoms with van der Waals surface area (Å²) in [6.45, 7) is 0. The van der Waals surface area contributed by atoms with Crippen LogP contribution in [0.25, 0.3) is 21.8 Å². The van der Waals surface area contributed by atoms with Crippen molar-refractivity contribution in [3.05, 3.63) is 48.0 Å². The van der Waals surface area contributed by atoms with Crippen LogP contribution in [0.5, 0.6) is 0 Å². The molecule has 2 aromatic carbocycles. The zero-order valence-corrected chi connectivity index (χ0v) is 11.4. The Bertz CT molecular complexity index is 832. The van der Waals surface area contributed by atoms with Gasteiger partial charge in [0.1, 0.15) is 0 Å². The van der Waals surface area contributed by atoms with Crippen LogP contribution in [0, 0.1) is 0 Å². The van der Waals surface area contributed by atoms with Crippen LogP contribution in [0.2, 0.25) is 0 Å². The number of Topliss-reactive ketones (excluding diaryl/α,β-unsaturated/α-hetero) is 1. The average molecular weight is 281 g/mol. The van der Waals surface area contributed by atoms with E-state index in [0.717, 1.165) is 21.8 Å². The van der Waals surface area contributed by atoms with Gasteiger partial charge in [-0.3, -0.25) is 9.59 Å². The molecule has 0 aliphatic rings. The first kappa shape index (κ1) is 13.4. The maximum atomic E-state index is 12.1. The molecule has 0 aliphatic heterocycles. The van der Waals surface area contributed by atoms with Crippen molar-refractivity contribution in [3.63, 3.8) is 0 Å². The predicted molar refractivity (Wildman–Crippen MR) is 81.6 cm³/mol. The third-order valence-corrected chi connectivity index (χ3v) is 3.62.